The summed E-state index contributed by atoms with van der Waals surface area (Å²) in [6.07, 6.45) is -0.0890. The van der Waals surface area contributed by atoms with Crippen LogP contribution in [0.2, 0.25) is 0 Å². The molecule has 1 heterocycles. The second kappa shape index (κ2) is 9.62. The number of carbonyl (C=O) groups excluding carboxylic acids is 3. The van der Waals surface area contributed by atoms with Gasteiger partial charge in [-0.05, 0) is 32.0 Å². The van der Waals surface area contributed by atoms with E-state index >= 15 is 0 Å². The summed E-state index contributed by atoms with van der Waals surface area (Å²) in [5.41, 5.74) is 1.29. The molecule has 8 heteroatoms. The van der Waals surface area contributed by atoms with Gasteiger partial charge in [-0.25, -0.2) is 4.79 Å². The molecule has 0 fully saturated rings. The van der Waals surface area contributed by atoms with Gasteiger partial charge in [0.2, 0.25) is 11.8 Å². The Morgan fingerprint density at radius 2 is 2.03 bits per heavy atom. The molecular weight excluding hydrogens is 372 g/mol. The first-order valence-corrected chi connectivity index (χ1v) is 9.89. The molecule has 29 heavy (non-hydrogen) atoms. The number of anilines is 1. The summed E-state index contributed by atoms with van der Waals surface area (Å²) in [5.74, 6) is 0.565. The number of fused-ring (bicyclic) bond motifs is 1. The van der Waals surface area contributed by atoms with Crippen LogP contribution in [-0.2, 0) is 16.0 Å². The lowest BCUT2D eigenvalue weighted by Crippen LogP contribution is -2.43. The van der Waals surface area contributed by atoms with Crippen LogP contribution in [0.1, 0.15) is 33.3 Å². The summed E-state index contributed by atoms with van der Waals surface area (Å²) < 4.78 is 6.27. The maximum Gasteiger partial charge on any atom is 0.319 e. The third-order valence-electron chi connectivity index (χ3n) is 4.97. The van der Waals surface area contributed by atoms with Crippen LogP contribution in [0.5, 0.6) is 5.75 Å². The second-order valence-corrected chi connectivity index (χ2v) is 8.06. The minimum Gasteiger partial charge on any atom is -0.488 e. The molecule has 2 atom stereocenters. The molecule has 2 N–H and O–H groups in total. The number of rotatable bonds is 4. The predicted octanol–water partition coefficient (Wildman–Crippen LogP) is 2.09. The van der Waals surface area contributed by atoms with E-state index < -0.39 is 0 Å². The van der Waals surface area contributed by atoms with Crippen LogP contribution >= 0.6 is 0 Å². The Bertz CT molecular complexity index is 765. The Morgan fingerprint density at radius 1 is 1.34 bits per heavy atom. The molecule has 1 aliphatic heterocycles. The Labute approximate surface area is 172 Å². The Morgan fingerprint density at radius 3 is 2.66 bits per heavy atom. The third-order valence-corrected chi connectivity index (χ3v) is 4.97. The summed E-state index contributed by atoms with van der Waals surface area (Å²) in [4.78, 5) is 39.6. The zero-order valence-corrected chi connectivity index (χ0v) is 18.1. The van der Waals surface area contributed by atoms with Crippen LogP contribution in [0.4, 0.5) is 10.5 Å². The van der Waals surface area contributed by atoms with Gasteiger partial charge in [-0.2, -0.15) is 0 Å². The lowest BCUT2D eigenvalue weighted by Gasteiger charge is -2.30. The van der Waals surface area contributed by atoms with Crippen LogP contribution in [0, 0.1) is 5.92 Å². The number of benzene rings is 1. The molecule has 0 spiro atoms. The minimum absolute atomic E-state index is 0.0157. The van der Waals surface area contributed by atoms with Crippen molar-refractivity contribution in [1.82, 2.24) is 15.1 Å². The molecule has 0 saturated heterocycles. The normalized spacial score (nSPS) is 19.4. The van der Waals surface area contributed by atoms with Crippen molar-refractivity contribution in [2.75, 3.05) is 32.5 Å². The van der Waals surface area contributed by atoms with Crippen molar-refractivity contribution >= 4 is 23.5 Å². The SMILES string of the molecule is CC(=O)N(C)C[C@@H]1Oc2ccc(NC(=O)NC(C)C)cc2CC(=O)N(C)C[C@@H]1C. The fourth-order valence-electron chi connectivity index (χ4n) is 3.18. The smallest absolute Gasteiger partial charge is 0.319 e. The van der Waals surface area contributed by atoms with Gasteiger partial charge in [-0.15, -0.1) is 0 Å². The molecule has 2 rings (SSSR count). The predicted molar refractivity (Wildman–Crippen MR) is 112 cm³/mol. The summed E-state index contributed by atoms with van der Waals surface area (Å²) in [6.45, 7) is 8.25. The van der Waals surface area contributed by atoms with Crippen molar-refractivity contribution in [2.24, 2.45) is 5.92 Å². The lowest BCUT2D eigenvalue weighted by atomic mass is 10.0. The van der Waals surface area contributed by atoms with Crippen LogP contribution < -0.4 is 15.4 Å². The number of nitrogens with zero attached hydrogens (tertiary/aromatic N) is 2. The van der Waals surface area contributed by atoms with E-state index in [1.165, 1.54) is 6.92 Å². The second-order valence-electron chi connectivity index (χ2n) is 8.06. The molecule has 1 aliphatic rings. The standard InChI is InChI=1S/C21H32N4O4/c1-13(2)22-21(28)23-17-7-8-18-16(9-17)10-20(27)25(6)11-14(3)19(29-18)12-24(5)15(4)26/h7-9,13-14,19H,10-12H2,1-6H3,(H2,22,23,28)/t14-,19-/m0/s1. The fraction of sp³-hybridized carbons (Fsp3) is 0.571. The van der Waals surface area contributed by atoms with Gasteiger partial charge in [0.25, 0.3) is 0 Å². The van der Waals surface area contributed by atoms with Gasteiger partial charge in [-0.1, -0.05) is 6.92 Å². The maximum absolute atomic E-state index is 12.7. The van der Waals surface area contributed by atoms with E-state index in [9.17, 15) is 14.4 Å². The zero-order chi connectivity index (χ0) is 21.7. The zero-order valence-electron chi connectivity index (χ0n) is 18.1. The number of likely N-dealkylation sites (N-methyl/N-ethyl adjacent to an activating group) is 2. The van der Waals surface area contributed by atoms with Gasteiger partial charge in [0, 0.05) is 50.8 Å². The van der Waals surface area contributed by atoms with Crippen molar-refractivity contribution in [1.29, 1.82) is 0 Å². The molecule has 0 radical (unpaired) electrons. The number of amides is 4. The summed E-state index contributed by atoms with van der Waals surface area (Å²) in [5, 5.41) is 5.56. The first kappa shape index (κ1) is 22.5. The van der Waals surface area contributed by atoms with E-state index in [1.807, 2.05) is 20.8 Å². The largest absolute Gasteiger partial charge is 0.488 e. The van der Waals surface area contributed by atoms with Crippen molar-refractivity contribution in [3.8, 4) is 5.75 Å². The number of ether oxygens (including phenoxy) is 1. The average Bonchev–Trinajstić information content (AvgIpc) is 2.64. The van der Waals surface area contributed by atoms with Crippen LogP contribution in [0.3, 0.4) is 0 Å². The quantitative estimate of drug-likeness (QED) is 0.804. The van der Waals surface area contributed by atoms with E-state index in [4.69, 9.17) is 4.74 Å². The Balaban J connectivity index is 2.31. The van der Waals surface area contributed by atoms with E-state index in [2.05, 4.69) is 10.6 Å². The molecule has 0 bridgehead atoms. The number of hydrogen-bond acceptors (Lipinski definition) is 4. The van der Waals surface area contributed by atoms with Crippen LogP contribution in [0.25, 0.3) is 0 Å². The third kappa shape index (κ3) is 6.37. The van der Waals surface area contributed by atoms with Crippen molar-refractivity contribution in [3.63, 3.8) is 0 Å². The molecule has 8 nitrogen and oxygen atoms in total. The number of urea groups is 1. The minimum atomic E-state index is -0.304. The summed E-state index contributed by atoms with van der Waals surface area (Å²) in [6, 6.07) is 5.00. The average molecular weight is 405 g/mol. The molecule has 0 unspecified atom stereocenters. The molecule has 1 aromatic carbocycles. The first-order valence-electron chi connectivity index (χ1n) is 9.89. The Kier molecular flexibility index (Phi) is 7.47. The van der Waals surface area contributed by atoms with Crippen molar-refractivity contribution in [3.05, 3.63) is 23.8 Å². The highest BCUT2D eigenvalue weighted by molar-refractivity contribution is 5.90. The molecule has 1 aromatic rings. The van der Waals surface area contributed by atoms with Crippen molar-refractivity contribution in [2.45, 2.75) is 46.3 Å². The van der Waals surface area contributed by atoms with Gasteiger partial charge < -0.3 is 25.2 Å². The highest BCUT2D eigenvalue weighted by Crippen LogP contribution is 2.28. The highest BCUT2D eigenvalue weighted by atomic mass is 16.5. The number of nitrogens with one attached hydrogen (secondary N) is 2. The van der Waals surface area contributed by atoms with Gasteiger partial charge in [0.15, 0.2) is 0 Å². The van der Waals surface area contributed by atoms with E-state index in [-0.39, 0.29) is 42.3 Å². The van der Waals surface area contributed by atoms with Gasteiger partial charge in [0.05, 0.1) is 13.0 Å². The molecular formula is C21H32N4O4. The van der Waals surface area contributed by atoms with E-state index in [0.29, 0.717) is 30.1 Å². The molecule has 0 aliphatic carbocycles. The summed E-state index contributed by atoms with van der Waals surface area (Å²) in [7, 11) is 3.51. The molecule has 0 aromatic heterocycles. The highest BCUT2D eigenvalue weighted by Gasteiger charge is 2.28. The van der Waals surface area contributed by atoms with Gasteiger partial charge in [-0.3, -0.25) is 9.59 Å². The van der Waals surface area contributed by atoms with E-state index in [1.54, 1.807) is 42.1 Å². The Hall–Kier alpha value is -2.77. The molecule has 160 valence electrons. The van der Waals surface area contributed by atoms with Gasteiger partial charge >= 0.3 is 6.03 Å². The maximum atomic E-state index is 12.7. The first-order chi connectivity index (χ1) is 13.6. The van der Waals surface area contributed by atoms with Crippen molar-refractivity contribution < 1.29 is 19.1 Å². The molecule has 4 amide bonds. The lowest BCUT2D eigenvalue weighted by molar-refractivity contribution is -0.131. The number of hydrogen-bond donors (Lipinski definition) is 2. The van der Waals surface area contributed by atoms with E-state index in [0.717, 1.165) is 0 Å². The topological polar surface area (TPSA) is 91.0 Å². The van der Waals surface area contributed by atoms with Gasteiger partial charge in [0.1, 0.15) is 11.9 Å². The summed E-state index contributed by atoms with van der Waals surface area (Å²) >= 11 is 0. The molecule has 0 saturated carbocycles. The monoisotopic (exact) mass is 404 g/mol. The number of carbonyl (C=O) groups is 3. The fourth-order valence-corrected chi connectivity index (χ4v) is 3.18. The van der Waals surface area contributed by atoms with Crippen LogP contribution in [0.15, 0.2) is 18.2 Å². The van der Waals surface area contributed by atoms with Crippen LogP contribution in [-0.4, -0.2) is 67.0 Å².